The van der Waals surface area contributed by atoms with E-state index in [2.05, 4.69) is 18.3 Å². The first-order valence-corrected chi connectivity index (χ1v) is 3.71. The van der Waals surface area contributed by atoms with E-state index in [1.165, 1.54) is 6.42 Å². The van der Waals surface area contributed by atoms with Gasteiger partial charge in [-0.25, -0.2) is 0 Å². The van der Waals surface area contributed by atoms with Gasteiger partial charge in [-0.2, -0.15) is 5.26 Å². The molecule has 0 spiro atoms. The number of rotatable bonds is 0. The molecule has 2 nitrogen and oxygen atoms in total. The lowest BCUT2D eigenvalue weighted by molar-refractivity contribution is 0.456. The van der Waals surface area contributed by atoms with E-state index in [-0.39, 0.29) is 0 Å². The Morgan fingerprint density at radius 1 is 1.50 bits per heavy atom. The molecule has 2 heteroatoms. The predicted octanol–water partition coefficient (Wildman–Crippen LogP) is 0.975. The lowest BCUT2D eigenvalue weighted by Crippen LogP contribution is -2.13. The zero-order valence-electron chi connectivity index (χ0n) is 5.83. The first kappa shape index (κ1) is 5.79. The third-order valence-corrected chi connectivity index (χ3v) is 2.46. The van der Waals surface area contributed by atoms with Crippen molar-refractivity contribution in [2.45, 2.75) is 6.42 Å². The SMILES string of the molecule is N#CN1CC2C=CCC2C1. The first-order chi connectivity index (χ1) is 4.90. The van der Waals surface area contributed by atoms with Gasteiger partial charge in [-0.15, -0.1) is 0 Å². The maximum Gasteiger partial charge on any atom is 0.179 e. The molecule has 0 aromatic rings. The van der Waals surface area contributed by atoms with Crippen molar-refractivity contribution in [3.63, 3.8) is 0 Å². The van der Waals surface area contributed by atoms with Crippen molar-refractivity contribution in [2.24, 2.45) is 11.8 Å². The monoisotopic (exact) mass is 134 g/mol. The van der Waals surface area contributed by atoms with E-state index in [4.69, 9.17) is 5.26 Å². The quantitative estimate of drug-likeness (QED) is 0.364. The van der Waals surface area contributed by atoms with E-state index < -0.39 is 0 Å². The largest absolute Gasteiger partial charge is 0.310 e. The molecule has 1 saturated heterocycles. The molecule has 10 heavy (non-hydrogen) atoms. The van der Waals surface area contributed by atoms with Crippen LogP contribution >= 0.6 is 0 Å². The molecule has 0 radical (unpaired) electrons. The van der Waals surface area contributed by atoms with Gasteiger partial charge < -0.3 is 4.90 Å². The molecule has 0 N–H and O–H groups in total. The minimum Gasteiger partial charge on any atom is -0.310 e. The van der Waals surface area contributed by atoms with Gasteiger partial charge in [0.15, 0.2) is 6.19 Å². The van der Waals surface area contributed by atoms with Gasteiger partial charge in [-0.05, 0) is 18.3 Å². The summed E-state index contributed by atoms with van der Waals surface area (Å²) in [5.74, 6) is 1.43. The fourth-order valence-electron chi connectivity index (χ4n) is 1.87. The Hall–Kier alpha value is -0.970. The first-order valence-electron chi connectivity index (χ1n) is 3.71. The van der Waals surface area contributed by atoms with Crippen LogP contribution in [-0.2, 0) is 0 Å². The highest BCUT2D eigenvalue weighted by atomic mass is 15.1. The number of nitrogens with zero attached hydrogens (tertiary/aromatic N) is 2. The normalized spacial score (nSPS) is 36.1. The van der Waals surface area contributed by atoms with Crippen molar-refractivity contribution < 1.29 is 0 Å². The van der Waals surface area contributed by atoms with Gasteiger partial charge in [0.1, 0.15) is 0 Å². The molecule has 0 aromatic carbocycles. The second-order valence-corrected chi connectivity index (χ2v) is 3.09. The topological polar surface area (TPSA) is 27.0 Å². The molecule has 1 fully saturated rings. The van der Waals surface area contributed by atoms with Crippen molar-refractivity contribution in [1.29, 1.82) is 5.26 Å². The molecule has 2 rings (SSSR count). The number of nitriles is 1. The zero-order chi connectivity index (χ0) is 6.97. The fourth-order valence-corrected chi connectivity index (χ4v) is 1.87. The van der Waals surface area contributed by atoms with Crippen molar-refractivity contribution in [2.75, 3.05) is 13.1 Å². The molecule has 2 unspecified atom stereocenters. The van der Waals surface area contributed by atoms with E-state index in [0.29, 0.717) is 5.92 Å². The average Bonchev–Trinajstić information content (AvgIpc) is 2.42. The van der Waals surface area contributed by atoms with Crippen molar-refractivity contribution in [3.05, 3.63) is 12.2 Å². The van der Waals surface area contributed by atoms with Crippen molar-refractivity contribution in [3.8, 4) is 6.19 Å². The summed E-state index contributed by atoms with van der Waals surface area (Å²) in [6.45, 7) is 1.94. The van der Waals surface area contributed by atoms with Gasteiger partial charge in [0.25, 0.3) is 0 Å². The smallest absolute Gasteiger partial charge is 0.179 e. The number of hydrogen-bond acceptors (Lipinski definition) is 2. The number of allylic oxidation sites excluding steroid dienone is 1. The summed E-state index contributed by atoms with van der Waals surface area (Å²) < 4.78 is 0. The summed E-state index contributed by atoms with van der Waals surface area (Å²) in [6.07, 6.45) is 7.87. The zero-order valence-corrected chi connectivity index (χ0v) is 5.83. The van der Waals surface area contributed by atoms with Crippen LogP contribution in [0.15, 0.2) is 12.2 Å². The molecule has 2 atom stereocenters. The van der Waals surface area contributed by atoms with E-state index >= 15 is 0 Å². The summed E-state index contributed by atoms with van der Waals surface area (Å²) in [5.41, 5.74) is 0. The van der Waals surface area contributed by atoms with Crippen LogP contribution in [0, 0.1) is 23.3 Å². The maximum atomic E-state index is 8.57. The molecule has 2 aliphatic rings. The Kier molecular flexibility index (Phi) is 1.17. The molecular weight excluding hydrogens is 124 g/mol. The number of hydrogen-bond donors (Lipinski definition) is 0. The van der Waals surface area contributed by atoms with Gasteiger partial charge in [-0.3, -0.25) is 0 Å². The third kappa shape index (κ3) is 0.706. The van der Waals surface area contributed by atoms with Crippen LogP contribution in [-0.4, -0.2) is 18.0 Å². The highest BCUT2D eigenvalue weighted by Gasteiger charge is 2.32. The summed E-state index contributed by atoms with van der Waals surface area (Å²) in [5, 5.41) is 8.57. The van der Waals surface area contributed by atoms with Crippen molar-refractivity contribution >= 4 is 0 Å². The van der Waals surface area contributed by atoms with Crippen LogP contribution in [0.4, 0.5) is 0 Å². The molecule has 0 saturated carbocycles. The van der Waals surface area contributed by atoms with Gasteiger partial charge in [-0.1, -0.05) is 12.2 Å². The Balaban J connectivity index is 2.07. The fraction of sp³-hybridized carbons (Fsp3) is 0.625. The highest BCUT2D eigenvalue weighted by Crippen LogP contribution is 2.31. The Labute approximate surface area is 60.7 Å². The van der Waals surface area contributed by atoms with Crippen molar-refractivity contribution in [1.82, 2.24) is 4.90 Å². The molecule has 0 aromatic heterocycles. The van der Waals surface area contributed by atoms with E-state index in [1.54, 1.807) is 0 Å². The van der Waals surface area contributed by atoms with Crippen LogP contribution < -0.4 is 0 Å². The van der Waals surface area contributed by atoms with Gasteiger partial charge in [0, 0.05) is 13.1 Å². The minimum absolute atomic E-state index is 0.680. The Morgan fingerprint density at radius 3 is 3.10 bits per heavy atom. The Bertz CT molecular complexity index is 202. The highest BCUT2D eigenvalue weighted by molar-refractivity contribution is 5.07. The van der Waals surface area contributed by atoms with Gasteiger partial charge in [0.05, 0.1) is 0 Å². The average molecular weight is 134 g/mol. The summed E-state index contributed by atoms with van der Waals surface area (Å²) in [4.78, 5) is 1.86. The molecule has 1 heterocycles. The van der Waals surface area contributed by atoms with E-state index in [0.717, 1.165) is 19.0 Å². The molecule has 0 amide bonds. The number of likely N-dealkylation sites (tertiary alicyclic amines) is 1. The van der Waals surface area contributed by atoms with Crippen LogP contribution in [0.3, 0.4) is 0 Å². The summed E-state index contributed by atoms with van der Waals surface area (Å²) >= 11 is 0. The van der Waals surface area contributed by atoms with Crippen LogP contribution in [0.5, 0.6) is 0 Å². The lowest BCUT2D eigenvalue weighted by Gasteiger charge is -2.04. The lowest BCUT2D eigenvalue weighted by atomic mass is 10.0. The van der Waals surface area contributed by atoms with Gasteiger partial charge >= 0.3 is 0 Å². The minimum atomic E-state index is 0.680. The van der Waals surface area contributed by atoms with Gasteiger partial charge in [0.2, 0.25) is 0 Å². The second kappa shape index (κ2) is 2.02. The standard InChI is InChI=1S/C8H10N2/c9-6-10-4-7-2-1-3-8(7)5-10/h1-2,7-8H,3-5H2. The third-order valence-electron chi connectivity index (χ3n) is 2.46. The molecule has 52 valence electrons. The van der Waals surface area contributed by atoms with E-state index in [9.17, 15) is 0 Å². The molecule has 1 aliphatic carbocycles. The molecular formula is C8H10N2. The van der Waals surface area contributed by atoms with Crippen LogP contribution in [0.1, 0.15) is 6.42 Å². The Morgan fingerprint density at radius 2 is 2.40 bits per heavy atom. The molecule has 0 bridgehead atoms. The summed E-state index contributed by atoms with van der Waals surface area (Å²) in [7, 11) is 0. The van der Waals surface area contributed by atoms with Crippen LogP contribution in [0.2, 0.25) is 0 Å². The van der Waals surface area contributed by atoms with E-state index in [1.807, 2.05) is 4.90 Å². The maximum absolute atomic E-state index is 8.57. The predicted molar refractivity (Wildman–Crippen MR) is 37.9 cm³/mol. The molecule has 1 aliphatic heterocycles. The van der Waals surface area contributed by atoms with Crippen LogP contribution in [0.25, 0.3) is 0 Å². The summed E-state index contributed by atoms with van der Waals surface area (Å²) in [6, 6.07) is 0. The number of fused-ring (bicyclic) bond motifs is 1. The second-order valence-electron chi connectivity index (χ2n) is 3.09.